The Bertz CT molecular complexity index is 162. The van der Waals surface area contributed by atoms with E-state index >= 15 is 0 Å². The summed E-state index contributed by atoms with van der Waals surface area (Å²) < 4.78 is 0. The highest BCUT2D eigenvalue weighted by molar-refractivity contribution is 4.73. The standard InChI is InChI=1S/C14H30N2/c1-12(2)7-6-10-14(16-15)11-13-8-4-3-5-9-13/h12-14,16H,3-11,15H2,1-2H3. The van der Waals surface area contributed by atoms with Crippen LogP contribution in [0.15, 0.2) is 0 Å². The summed E-state index contributed by atoms with van der Waals surface area (Å²) in [6.45, 7) is 4.60. The number of hydrazine groups is 1. The second kappa shape index (κ2) is 8.08. The maximum Gasteiger partial charge on any atom is 0.0213 e. The van der Waals surface area contributed by atoms with Crippen LogP contribution in [0.1, 0.15) is 71.6 Å². The summed E-state index contributed by atoms with van der Waals surface area (Å²) in [7, 11) is 0. The third-order valence-electron chi connectivity index (χ3n) is 3.91. The third-order valence-corrected chi connectivity index (χ3v) is 3.91. The molecule has 16 heavy (non-hydrogen) atoms. The molecular weight excluding hydrogens is 196 g/mol. The Morgan fingerprint density at radius 3 is 2.38 bits per heavy atom. The van der Waals surface area contributed by atoms with E-state index in [1.165, 1.54) is 57.8 Å². The second-order valence-corrected chi connectivity index (χ2v) is 5.93. The van der Waals surface area contributed by atoms with Crippen LogP contribution in [0.5, 0.6) is 0 Å². The topological polar surface area (TPSA) is 38.0 Å². The van der Waals surface area contributed by atoms with Crippen LogP contribution >= 0.6 is 0 Å². The lowest BCUT2D eigenvalue weighted by Crippen LogP contribution is -2.37. The fourth-order valence-corrected chi connectivity index (χ4v) is 2.87. The smallest absolute Gasteiger partial charge is 0.0213 e. The van der Waals surface area contributed by atoms with E-state index < -0.39 is 0 Å². The molecule has 0 radical (unpaired) electrons. The van der Waals surface area contributed by atoms with Gasteiger partial charge in [-0.2, -0.15) is 0 Å². The minimum atomic E-state index is 0.557. The molecule has 2 nitrogen and oxygen atoms in total. The van der Waals surface area contributed by atoms with Gasteiger partial charge in [0.2, 0.25) is 0 Å². The summed E-state index contributed by atoms with van der Waals surface area (Å²) in [4.78, 5) is 0. The first-order chi connectivity index (χ1) is 7.72. The Labute approximate surface area is 101 Å². The largest absolute Gasteiger partial charge is 0.271 e. The molecule has 1 atom stereocenters. The van der Waals surface area contributed by atoms with Crippen LogP contribution in [0.3, 0.4) is 0 Å². The fourth-order valence-electron chi connectivity index (χ4n) is 2.87. The van der Waals surface area contributed by atoms with Crippen molar-refractivity contribution >= 4 is 0 Å². The predicted molar refractivity (Wildman–Crippen MR) is 71.0 cm³/mol. The molecule has 0 heterocycles. The van der Waals surface area contributed by atoms with Crippen molar-refractivity contribution in [1.82, 2.24) is 5.43 Å². The van der Waals surface area contributed by atoms with Crippen molar-refractivity contribution < 1.29 is 0 Å². The average Bonchev–Trinajstić information content (AvgIpc) is 2.28. The van der Waals surface area contributed by atoms with Gasteiger partial charge in [-0.05, 0) is 24.7 Å². The second-order valence-electron chi connectivity index (χ2n) is 5.93. The van der Waals surface area contributed by atoms with Gasteiger partial charge in [0.1, 0.15) is 0 Å². The van der Waals surface area contributed by atoms with Crippen molar-refractivity contribution in [1.29, 1.82) is 0 Å². The molecule has 0 amide bonds. The van der Waals surface area contributed by atoms with Gasteiger partial charge in [-0.3, -0.25) is 11.3 Å². The lowest BCUT2D eigenvalue weighted by atomic mass is 9.84. The van der Waals surface area contributed by atoms with Gasteiger partial charge >= 0.3 is 0 Å². The molecule has 0 aromatic heterocycles. The molecule has 0 aromatic carbocycles. The monoisotopic (exact) mass is 226 g/mol. The highest BCUT2D eigenvalue weighted by Gasteiger charge is 2.17. The summed E-state index contributed by atoms with van der Waals surface area (Å²) in [5, 5.41) is 0. The molecule has 1 rings (SSSR count). The number of rotatable bonds is 7. The van der Waals surface area contributed by atoms with Crippen LogP contribution < -0.4 is 11.3 Å². The first-order valence-corrected chi connectivity index (χ1v) is 7.18. The van der Waals surface area contributed by atoms with E-state index in [1.807, 2.05) is 0 Å². The Morgan fingerprint density at radius 1 is 1.12 bits per heavy atom. The molecule has 0 aliphatic heterocycles. The highest BCUT2D eigenvalue weighted by Crippen LogP contribution is 2.28. The summed E-state index contributed by atoms with van der Waals surface area (Å²) >= 11 is 0. The molecule has 0 bridgehead atoms. The van der Waals surface area contributed by atoms with Crippen molar-refractivity contribution in [2.75, 3.05) is 0 Å². The van der Waals surface area contributed by atoms with E-state index in [1.54, 1.807) is 0 Å². The third kappa shape index (κ3) is 5.86. The summed E-state index contributed by atoms with van der Waals surface area (Å²) in [5.74, 6) is 7.42. The summed E-state index contributed by atoms with van der Waals surface area (Å²) in [6, 6.07) is 0.557. The SMILES string of the molecule is CC(C)CCCC(CC1CCCCC1)NN. The first kappa shape index (κ1) is 14.0. The van der Waals surface area contributed by atoms with E-state index in [0.29, 0.717) is 6.04 Å². The summed E-state index contributed by atoms with van der Waals surface area (Å²) in [6.07, 6.45) is 12.4. The Hall–Kier alpha value is -0.0800. The van der Waals surface area contributed by atoms with Gasteiger partial charge in [-0.1, -0.05) is 58.8 Å². The lowest BCUT2D eigenvalue weighted by molar-refractivity contribution is 0.287. The zero-order valence-electron chi connectivity index (χ0n) is 11.2. The van der Waals surface area contributed by atoms with Crippen LogP contribution in [0.4, 0.5) is 0 Å². The van der Waals surface area contributed by atoms with Crippen LogP contribution in [-0.4, -0.2) is 6.04 Å². The molecule has 1 aliphatic carbocycles. The van der Waals surface area contributed by atoms with Crippen molar-refractivity contribution in [3.8, 4) is 0 Å². The van der Waals surface area contributed by atoms with E-state index in [4.69, 9.17) is 5.84 Å². The Balaban J connectivity index is 2.14. The number of nitrogens with one attached hydrogen (secondary N) is 1. The van der Waals surface area contributed by atoms with Crippen LogP contribution in [-0.2, 0) is 0 Å². The normalized spacial score (nSPS) is 20.2. The Kier molecular flexibility index (Phi) is 7.06. The molecule has 1 fully saturated rings. The highest BCUT2D eigenvalue weighted by atomic mass is 15.2. The van der Waals surface area contributed by atoms with Gasteiger partial charge in [0.05, 0.1) is 0 Å². The maximum atomic E-state index is 5.66. The minimum Gasteiger partial charge on any atom is -0.271 e. The van der Waals surface area contributed by atoms with Gasteiger partial charge in [0.15, 0.2) is 0 Å². The average molecular weight is 226 g/mol. The Morgan fingerprint density at radius 2 is 1.81 bits per heavy atom. The molecule has 1 unspecified atom stereocenters. The number of nitrogens with two attached hydrogens (primary N) is 1. The minimum absolute atomic E-state index is 0.557. The fraction of sp³-hybridized carbons (Fsp3) is 1.00. The van der Waals surface area contributed by atoms with Crippen LogP contribution in [0, 0.1) is 11.8 Å². The molecule has 0 saturated heterocycles. The predicted octanol–water partition coefficient (Wildman–Crippen LogP) is 3.62. The van der Waals surface area contributed by atoms with Gasteiger partial charge in [0, 0.05) is 6.04 Å². The molecule has 1 aliphatic rings. The van der Waals surface area contributed by atoms with Gasteiger partial charge < -0.3 is 0 Å². The first-order valence-electron chi connectivity index (χ1n) is 7.18. The molecule has 0 spiro atoms. The molecular formula is C14H30N2. The zero-order valence-corrected chi connectivity index (χ0v) is 11.2. The van der Waals surface area contributed by atoms with Crippen LogP contribution in [0.25, 0.3) is 0 Å². The van der Waals surface area contributed by atoms with Crippen molar-refractivity contribution in [3.63, 3.8) is 0 Å². The molecule has 1 saturated carbocycles. The maximum absolute atomic E-state index is 5.66. The zero-order chi connectivity index (χ0) is 11.8. The van der Waals surface area contributed by atoms with E-state index in [-0.39, 0.29) is 0 Å². The molecule has 3 N–H and O–H groups in total. The van der Waals surface area contributed by atoms with E-state index in [2.05, 4.69) is 19.3 Å². The van der Waals surface area contributed by atoms with Crippen molar-refractivity contribution in [2.45, 2.75) is 77.7 Å². The molecule has 0 aromatic rings. The number of hydrogen-bond donors (Lipinski definition) is 2. The molecule has 96 valence electrons. The van der Waals surface area contributed by atoms with E-state index in [0.717, 1.165) is 11.8 Å². The van der Waals surface area contributed by atoms with Crippen molar-refractivity contribution in [3.05, 3.63) is 0 Å². The van der Waals surface area contributed by atoms with Gasteiger partial charge in [-0.25, -0.2) is 0 Å². The van der Waals surface area contributed by atoms with Crippen LogP contribution in [0.2, 0.25) is 0 Å². The van der Waals surface area contributed by atoms with Gasteiger partial charge in [-0.15, -0.1) is 0 Å². The van der Waals surface area contributed by atoms with E-state index in [9.17, 15) is 0 Å². The quantitative estimate of drug-likeness (QED) is 0.514. The van der Waals surface area contributed by atoms with Gasteiger partial charge in [0.25, 0.3) is 0 Å². The lowest BCUT2D eigenvalue weighted by Gasteiger charge is -2.26. The number of hydrogen-bond acceptors (Lipinski definition) is 2. The van der Waals surface area contributed by atoms with Crippen molar-refractivity contribution in [2.24, 2.45) is 17.7 Å². The molecule has 2 heteroatoms. The summed E-state index contributed by atoms with van der Waals surface area (Å²) in [5.41, 5.74) is 3.02.